The number of nitrogens with one attached hydrogen (secondary N) is 1. The lowest BCUT2D eigenvalue weighted by Gasteiger charge is -2.16. The van der Waals surface area contributed by atoms with Gasteiger partial charge in [0.05, 0.1) is 17.8 Å². The number of likely N-dealkylation sites (tertiary alicyclic amines) is 1. The molecule has 1 saturated heterocycles. The van der Waals surface area contributed by atoms with Gasteiger partial charge in [-0.3, -0.25) is 4.79 Å². The van der Waals surface area contributed by atoms with Crippen molar-refractivity contribution in [3.05, 3.63) is 29.3 Å². The number of nitrogens with zero attached hydrogens (tertiary/aromatic N) is 2. The van der Waals surface area contributed by atoms with Crippen LogP contribution in [0.25, 0.3) is 0 Å². The van der Waals surface area contributed by atoms with E-state index < -0.39 is 0 Å². The molecule has 1 aliphatic rings. The smallest absolute Gasteiger partial charge is 0.241 e. The van der Waals surface area contributed by atoms with Gasteiger partial charge >= 0.3 is 0 Å². The van der Waals surface area contributed by atoms with Gasteiger partial charge in [-0.25, -0.2) is 0 Å². The van der Waals surface area contributed by atoms with Crippen molar-refractivity contribution in [1.82, 2.24) is 4.90 Å². The Morgan fingerprint density at radius 1 is 1.44 bits per heavy atom. The molecular weight excluding hydrogens is 226 g/mol. The molecule has 1 heterocycles. The Bertz CT molecular complexity index is 484. The molecule has 0 aliphatic carbocycles. The first-order chi connectivity index (χ1) is 8.70. The second-order valence-electron chi connectivity index (χ2n) is 4.60. The number of hydrogen-bond donors (Lipinski definition) is 1. The van der Waals surface area contributed by atoms with Gasteiger partial charge < -0.3 is 10.2 Å². The lowest BCUT2D eigenvalue weighted by Crippen LogP contribution is -2.33. The Labute approximate surface area is 107 Å². The highest BCUT2D eigenvalue weighted by molar-refractivity contribution is 5.81. The molecule has 4 nitrogen and oxygen atoms in total. The van der Waals surface area contributed by atoms with Crippen molar-refractivity contribution in [3.63, 3.8) is 0 Å². The first-order valence-corrected chi connectivity index (χ1v) is 6.23. The zero-order valence-electron chi connectivity index (χ0n) is 10.6. The summed E-state index contributed by atoms with van der Waals surface area (Å²) < 4.78 is 0. The van der Waals surface area contributed by atoms with E-state index in [1.807, 2.05) is 30.0 Å². The molecule has 1 aliphatic heterocycles. The summed E-state index contributed by atoms with van der Waals surface area (Å²) in [6.07, 6.45) is 2.19. The third kappa shape index (κ3) is 2.80. The van der Waals surface area contributed by atoms with Crippen LogP contribution in [0.3, 0.4) is 0 Å². The number of amides is 1. The van der Waals surface area contributed by atoms with Crippen molar-refractivity contribution in [2.75, 3.05) is 25.0 Å². The lowest BCUT2D eigenvalue weighted by atomic mass is 10.1. The predicted octanol–water partition coefficient (Wildman–Crippen LogP) is 1.90. The van der Waals surface area contributed by atoms with Crippen LogP contribution in [0.5, 0.6) is 0 Å². The molecule has 4 heteroatoms. The van der Waals surface area contributed by atoms with Gasteiger partial charge in [0.2, 0.25) is 5.91 Å². The van der Waals surface area contributed by atoms with E-state index in [0.717, 1.165) is 37.2 Å². The average molecular weight is 243 g/mol. The molecule has 0 aromatic heterocycles. The van der Waals surface area contributed by atoms with Crippen LogP contribution in [0.1, 0.15) is 24.0 Å². The summed E-state index contributed by atoms with van der Waals surface area (Å²) in [6.45, 7) is 3.93. The number of carbonyl (C=O) groups is 1. The fourth-order valence-corrected chi connectivity index (χ4v) is 2.15. The van der Waals surface area contributed by atoms with Crippen molar-refractivity contribution < 1.29 is 4.79 Å². The quantitative estimate of drug-likeness (QED) is 0.882. The van der Waals surface area contributed by atoms with Crippen molar-refractivity contribution in [2.45, 2.75) is 19.8 Å². The van der Waals surface area contributed by atoms with Crippen LogP contribution in [0.2, 0.25) is 0 Å². The highest BCUT2D eigenvalue weighted by Crippen LogP contribution is 2.16. The summed E-state index contributed by atoms with van der Waals surface area (Å²) in [6, 6.07) is 7.75. The monoisotopic (exact) mass is 243 g/mol. The molecule has 0 spiro atoms. The summed E-state index contributed by atoms with van der Waals surface area (Å²) in [7, 11) is 0. The molecule has 1 aromatic rings. The third-order valence-electron chi connectivity index (χ3n) is 3.18. The van der Waals surface area contributed by atoms with Crippen LogP contribution >= 0.6 is 0 Å². The zero-order valence-corrected chi connectivity index (χ0v) is 10.6. The van der Waals surface area contributed by atoms with Crippen LogP contribution in [0, 0.1) is 18.3 Å². The van der Waals surface area contributed by atoms with Crippen LogP contribution in [-0.4, -0.2) is 30.4 Å². The van der Waals surface area contributed by atoms with Crippen molar-refractivity contribution in [2.24, 2.45) is 0 Å². The molecule has 1 aromatic carbocycles. The minimum absolute atomic E-state index is 0.108. The van der Waals surface area contributed by atoms with Crippen molar-refractivity contribution in [1.29, 1.82) is 5.26 Å². The first-order valence-electron chi connectivity index (χ1n) is 6.23. The lowest BCUT2D eigenvalue weighted by molar-refractivity contribution is -0.128. The van der Waals surface area contributed by atoms with E-state index in [1.165, 1.54) is 0 Å². The summed E-state index contributed by atoms with van der Waals surface area (Å²) in [5, 5.41) is 12.1. The number of aryl methyl sites for hydroxylation is 1. The molecule has 2 rings (SSSR count). The normalized spacial score (nSPS) is 14.3. The van der Waals surface area contributed by atoms with Gasteiger partial charge in [0.15, 0.2) is 0 Å². The van der Waals surface area contributed by atoms with Gasteiger partial charge in [0.1, 0.15) is 6.07 Å². The maximum atomic E-state index is 11.9. The summed E-state index contributed by atoms with van der Waals surface area (Å²) in [5.41, 5.74) is 2.36. The molecule has 94 valence electrons. The minimum Gasteiger partial charge on any atom is -0.375 e. The van der Waals surface area contributed by atoms with E-state index in [2.05, 4.69) is 11.4 Å². The van der Waals surface area contributed by atoms with E-state index in [9.17, 15) is 4.79 Å². The maximum absolute atomic E-state index is 11.9. The molecule has 1 fully saturated rings. The fourth-order valence-electron chi connectivity index (χ4n) is 2.15. The number of rotatable bonds is 3. The molecule has 18 heavy (non-hydrogen) atoms. The largest absolute Gasteiger partial charge is 0.375 e. The predicted molar refractivity (Wildman–Crippen MR) is 70.2 cm³/mol. The zero-order chi connectivity index (χ0) is 13.0. The van der Waals surface area contributed by atoms with Crippen LogP contribution < -0.4 is 5.32 Å². The molecule has 0 saturated carbocycles. The Hall–Kier alpha value is -2.02. The average Bonchev–Trinajstić information content (AvgIpc) is 2.90. The summed E-state index contributed by atoms with van der Waals surface area (Å²) >= 11 is 0. The van der Waals surface area contributed by atoms with E-state index in [0.29, 0.717) is 5.56 Å². The van der Waals surface area contributed by atoms with Gasteiger partial charge in [-0.1, -0.05) is 6.07 Å². The number of benzene rings is 1. The van der Waals surface area contributed by atoms with Gasteiger partial charge in [-0.2, -0.15) is 5.26 Å². The number of carbonyl (C=O) groups excluding carboxylic acids is 1. The van der Waals surface area contributed by atoms with Gasteiger partial charge in [0, 0.05) is 13.1 Å². The Kier molecular flexibility index (Phi) is 3.83. The number of nitriles is 1. The molecule has 0 radical (unpaired) electrons. The molecular formula is C14H17N3O. The Morgan fingerprint density at radius 2 is 2.17 bits per heavy atom. The highest BCUT2D eigenvalue weighted by atomic mass is 16.2. The molecule has 0 bridgehead atoms. The Morgan fingerprint density at radius 3 is 2.83 bits per heavy atom. The molecule has 1 amide bonds. The number of hydrogen-bond acceptors (Lipinski definition) is 3. The second kappa shape index (κ2) is 5.54. The van der Waals surface area contributed by atoms with Crippen LogP contribution in [-0.2, 0) is 4.79 Å². The van der Waals surface area contributed by atoms with Crippen LogP contribution in [0.15, 0.2) is 18.2 Å². The van der Waals surface area contributed by atoms with E-state index in [4.69, 9.17) is 5.26 Å². The summed E-state index contributed by atoms with van der Waals surface area (Å²) in [5.74, 6) is 0.108. The van der Waals surface area contributed by atoms with Crippen molar-refractivity contribution in [3.8, 4) is 6.07 Å². The number of anilines is 1. The summed E-state index contributed by atoms with van der Waals surface area (Å²) in [4.78, 5) is 13.7. The highest BCUT2D eigenvalue weighted by Gasteiger charge is 2.17. The van der Waals surface area contributed by atoms with Gasteiger partial charge in [-0.15, -0.1) is 0 Å². The molecule has 1 N–H and O–H groups in total. The maximum Gasteiger partial charge on any atom is 0.241 e. The van der Waals surface area contributed by atoms with Gasteiger partial charge in [0.25, 0.3) is 0 Å². The van der Waals surface area contributed by atoms with E-state index in [1.54, 1.807) is 0 Å². The molecule has 0 atom stereocenters. The first kappa shape index (κ1) is 12.4. The Balaban J connectivity index is 1.97. The second-order valence-corrected chi connectivity index (χ2v) is 4.60. The molecule has 0 unspecified atom stereocenters. The van der Waals surface area contributed by atoms with Crippen molar-refractivity contribution >= 4 is 11.6 Å². The topological polar surface area (TPSA) is 56.1 Å². The minimum atomic E-state index is 0.108. The van der Waals surface area contributed by atoms with E-state index in [-0.39, 0.29) is 12.5 Å². The third-order valence-corrected chi connectivity index (χ3v) is 3.18. The van der Waals surface area contributed by atoms with Crippen LogP contribution in [0.4, 0.5) is 5.69 Å². The fraction of sp³-hybridized carbons (Fsp3) is 0.429. The van der Waals surface area contributed by atoms with E-state index >= 15 is 0 Å². The SMILES string of the molecule is Cc1ccc(NCC(=O)N2CCCC2)c(C#N)c1. The van der Waals surface area contributed by atoms with Gasteiger partial charge in [-0.05, 0) is 37.5 Å². The standard InChI is InChI=1S/C14H17N3O/c1-11-4-5-13(12(8-11)9-15)16-10-14(18)17-6-2-3-7-17/h4-5,8,16H,2-3,6-7,10H2,1H3.